The Labute approximate surface area is 276 Å². The van der Waals surface area contributed by atoms with Crippen LogP contribution in [0.3, 0.4) is 0 Å². The predicted octanol–water partition coefficient (Wildman–Crippen LogP) is 7.60. The lowest BCUT2D eigenvalue weighted by Gasteiger charge is -2.37. The lowest BCUT2D eigenvalue weighted by atomic mass is 9.82. The van der Waals surface area contributed by atoms with E-state index < -0.39 is 31.6 Å². The highest BCUT2D eigenvalue weighted by Gasteiger charge is 2.67. The fourth-order valence-corrected chi connectivity index (χ4v) is 10.5. The van der Waals surface area contributed by atoms with Crippen molar-refractivity contribution in [2.24, 2.45) is 5.92 Å². The number of hydrogen-bond acceptors (Lipinski definition) is 4. The van der Waals surface area contributed by atoms with Crippen LogP contribution in [0.4, 0.5) is 9.80 Å². The summed E-state index contributed by atoms with van der Waals surface area (Å²) in [5, 5.41) is 10.2. The molecule has 2 amide bonds. The van der Waals surface area contributed by atoms with Crippen LogP contribution in [0, 0.1) is 5.92 Å². The molecule has 6 nitrogen and oxygen atoms in total. The molecule has 2 aromatic rings. The van der Waals surface area contributed by atoms with Gasteiger partial charge in [-0.05, 0) is 82.5 Å². The topological polar surface area (TPSA) is 70.1 Å². The molecule has 0 unspecified atom stereocenters. The molecule has 0 aliphatic carbocycles. The summed E-state index contributed by atoms with van der Waals surface area (Å²) in [4.78, 5) is 32.0. The van der Waals surface area contributed by atoms with Crippen LogP contribution in [-0.4, -0.2) is 55.5 Å². The van der Waals surface area contributed by atoms with Crippen LogP contribution in [0.1, 0.15) is 63.6 Å². The highest BCUT2D eigenvalue weighted by Crippen LogP contribution is 2.60. The Morgan fingerprint density at radius 3 is 2.53 bits per heavy atom. The molecule has 3 aliphatic rings. The van der Waals surface area contributed by atoms with Crippen molar-refractivity contribution < 1.29 is 23.5 Å². The molecule has 0 aromatic heterocycles. The minimum absolute atomic E-state index is 0.0459. The molecule has 9 heteroatoms. The number of rotatable bonds is 9. The average molecular weight is 698 g/mol. The van der Waals surface area contributed by atoms with E-state index in [1.54, 1.807) is 22.9 Å². The summed E-state index contributed by atoms with van der Waals surface area (Å²) in [5.74, 6) is -0.867. The zero-order chi connectivity index (χ0) is 32.7. The average Bonchev–Trinajstić information content (AvgIpc) is 3.40. The van der Waals surface area contributed by atoms with Crippen molar-refractivity contribution in [1.29, 1.82) is 0 Å². The van der Waals surface area contributed by atoms with Crippen LogP contribution < -0.4 is 4.90 Å². The second-order valence-electron chi connectivity index (χ2n) is 13.8. The number of aliphatic hydroxyl groups is 1. The van der Waals surface area contributed by atoms with E-state index in [0.29, 0.717) is 19.5 Å². The van der Waals surface area contributed by atoms with E-state index >= 15 is 4.11 Å². The molecule has 0 saturated carbocycles. The standard InChI is InChI=1S/C36H46BrFN2O4Si/c1-23(2)10-9-11-24(3)16-17-39-31-15-14-28(37)19-30(31)36(35(39)43)25(4)34(45(5,6)38)32(44-36)20-33(42)40-21-27-13-8-7-12-26(27)18-29(40)22-41/h7-8,10,12-16,19,25,29,32,34,41H,9,11,17-18,20-22H2,1-6H3/b24-16+/t25-,29+,32+,34-,36+/m1/s1. The number of allylic oxidation sites excluding steroid dienone is 3. The van der Waals surface area contributed by atoms with E-state index in [9.17, 15) is 14.7 Å². The molecule has 5 rings (SSSR count). The van der Waals surface area contributed by atoms with Gasteiger partial charge in [0.15, 0.2) is 5.60 Å². The first-order valence-corrected chi connectivity index (χ1v) is 19.8. The van der Waals surface area contributed by atoms with Crippen molar-refractivity contribution in [3.8, 4) is 0 Å². The van der Waals surface area contributed by atoms with Gasteiger partial charge in [-0.3, -0.25) is 9.59 Å². The van der Waals surface area contributed by atoms with Crippen LogP contribution in [0.15, 0.2) is 70.2 Å². The van der Waals surface area contributed by atoms with Gasteiger partial charge < -0.3 is 23.8 Å². The maximum absolute atomic E-state index is 16.3. The SMILES string of the molecule is CC(C)=CCC/C(C)=C/CN1C(=O)[C@@]2(O[C@@H](CC(=O)N3Cc4ccccc4C[C@H]3CO)[C@H]([Si](C)(C)F)[C@H]2C)c2cc(Br)ccc21. The van der Waals surface area contributed by atoms with Crippen LogP contribution in [0.25, 0.3) is 0 Å². The predicted molar refractivity (Wildman–Crippen MR) is 183 cm³/mol. The summed E-state index contributed by atoms with van der Waals surface area (Å²) >= 11 is 3.59. The third kappa shape index (κ3) is 6.51. The number of halogens is 2. The fourth-order valence-electron chi connectivity index (χ4n) is 7.67. The number of anilines is 1. The Balaban J connectivity index is 1.46. The Bertz CT molecular complexity index is 1520. The van der Waals surface area contributed by atoms with Crippen molar-refractivity contribution in [1.82, 2.24) is 4.90 Å². The number of fused-ring (bicyclic) bond motifs is 3. The van der Waals surface area contributed by atoms with Crippen molar-refractivity contribution >= 4 is 41.8 Å². The maximum Gasteiger partial charge on any atom is 0.264 e. The monoisotopic (exact) mass is 696 g/mol. The van der Waals surface area contributed by atoms with Gasteiger partial charge in [0.05, 0.1) is 30.9 Å². The molecule has 1 fully saturated rings. The van der Waals surface area contributed by atoms with E-state index in [-0.39, 0.29) is 30.9 Å². The van der Waals surface area contributed by atoms with Crippen molar-refractivity contribution in [3.63, 3.8) is 0 Å². The number of ether oxygens (including phenoxy) is 1. The van der Waals surface area contributed by atoms with E-state index in [1.165, 1.54) is 11.1 Å². The Hall–Kier alpha value is -2.59. The number of benzene rings is 2. The van der Waals surface area contributed by atoms with E-state index in [0.717, 1.165) is 39.7 Å². The molecular weight excluding hydrogens is 651 g/mol. The first-order chi connectivity index (χ1) is 21.3. The summed E-state index contributed by atoms with van der Waals surface area (Å²) in [6, 6.07) is 13.4. The number of nitrogens with zero attached hydrogens (tertiary/aromatic N) is 2. The molecular formula is C36H46BrFN2O4Si. The fraction of sp³-hybridized carbons (Fsp3) is 0.500. The number of hydrogen-bond donors (Lipinski definition) is 1. The summed E-state index contributed by atoms with van der Waals surface area (Å²) in [6.07, 6.45) is 5.90. The number of carbonyl (C=O) groups excluding carboxylic acids is 2. The molecule has 1 spiro atoms. The zero-order valence-electron chi connectivity index (χ0n) is 27.3. The highest BCUT2D eigenvalue weighted by molar-refractivity contribution is 9.10. The Morgan fingerprint density at radius 1 is 1.16 bits per heavy atom. The molecule has 0 radical (unpaired) electrons. The maximum atomic E-state index is 16.3. The summed E-state index contributed by atoms with van der Waals surface area (Å²) in [7, 11) is -3.44. The molecule has 1 N–H and O–H groups in total. The molecule has 2 aromatic carbocycles. The van der Waals surface area contributed by atoms with Crippen molar-refractivity contribution in [3.05, 3.63) is 86.9 Å². The normalized spacial score (nSPS) is 26.3. The molecule has 3 heterocycles. The lowest BCUT2D eigenvalue weighted by Crippen LogP contribution is -2.48. The van der Waals surface area contributed by atoms with E-state index in [4.69, 9.17) is 4.74 Å². The zero-order valence-corrected chi connectivity index (χ0v) is 29.9. The Morgan fingerprint density at radius 2 is 1.87 bits per heavy atom. The quantitative estimate of drug-likeness (QED) is 0.167. The summed E-state index contributed by atoms with van der Waals surface area (Å²) in [5.41, 5.74) is 4.17. The van der Waals surface area contributed by atoms with Gasteiger partial charge in [0, 0.05) is 34.6 Å². The summed E-state index contributed by atoms with van der Waals surface area (Å²) in [6.45, 7) is 12.1. The molecule has 0 bridgehead atoms. The van der Waals surface area contributed by atoms with E-state index in [1.807, 2.05) is 49.4 Å². The van der Waals surface area contributed by atoms with Gasteiger partial charge in [-0.15, -0.1) is 0 Å². The van der Waals surface area contributed by atoms with Gasteiger partial charge >= 0.3 is 0 Å². The van der Waals surface area contributed by atoms with Crippen LogP contribution in [0.2, 0.25) is 18.6 Å². The molecule has 45 heavy (non-hydrogen) atoms. The van der Waals surface area contributed by atoms with Gasteiger partial charge in [-0.2, -0.15) is 0 Å². The largest absolute Gasteiger partial charge is 0.394 e. The highest BCUT2D eigenvalue weighted by atomic mass is 79.9. The molecule has 3 aliphatic heterocycles. The van der Waals surface area contributed by atoms with Gasteiger partial charge in [-0.1, -0.05) is 70.4 Å². The van der Waals surface area contributed by atoms with Crippen molar-refractivity contribution in [2.75, 3.05) is 18.1 Å². The van der Waals surface area contributed by atoms with Gasteiger partial charge in [0.2, 0.25) is 14.3 Å². The molecule has 1 saturated heterocycles. The first kappa shape index (κ1) is 33.8. The van der Waals surface area contributed by atoms with Crippen molar-refractivity contribution in [2.45, 2.75) is 96.3 Å². The second-order valence-corrected chi connectivity index (χ2v) is 18.5. The minimum Gasteiger partial charge on any atom is -0.394 e. The Kier molecular flexibility index (Phi) is 9.95. The number of carbonyl (C=O) groups is 2. The van der Waals surface area contributed by atoms with Crippen LogP contribution in [-0.2, 0) is 32.9 Å². The van der Waals surface area contributed by atoms with Crippen LogP contribution in [0.5, 0.6) is 0 Å². The smallest absolute Gasteiger partial charge is 0.264 e. The van der Waals surface area contributed by atoms with Gasteiger partial charge in [0.1, 0.15) is 0 Å². The van der Waals surface area contributed by atoms with Gasteiger partial charge in [0.25, 0.3) is 5.91 Å². The third-order valence-electron chi connectivity index (χ3n) is 9.90. The summed E-state index contributed by atoms with van der Waals surface area (Å²) < 4.78 is 24.0. The van der Waals surface area contributed by atoms with E-state index in [2.05, 4.69) is 48.9 Å². The minimum atomic E-state index is -3.44. The lowest BCUT2D eigenvalue weighted by molar-refractivity contribution is -0.150. The van der Waals surface area contributed by atoms with Crippen LogP contribution >= 0.6 is 15.9 Å². The second kappa shape index (κ2) is 13.3. The number of amides is 2. The number of aliphatic hydroxyl groups excluding tert-OH is 1. The first-order valence-electron chi connectivity index (χ1n) is 16.0. The molecule has 242 valence electrons. The third-order valence-corrected chi connectivity index (χ3v) is 12.8. The molecule has 5 atom stereocenters. The van der Waals surface area contributed by atoms with Gasteiger partial charge in [-0.25, -0.2) is 0 Å².